The fourth-order valence-corrected chi connectivity index (χ4v) is 3.14. The first-order chi connectivity index (χ1) is 8.73. The first-order valence-corrected chi connectivity index (χ1v) is 6.94. The summed E-state index contributed by atoms with van der Waals surface area (Å²) < 4.78 is 5.34. The van der Waals surface area contributed by atoms with E-state index >= 15 is 0 Å². The molecule has 2 rings (SSSR count). The molecule has 1 aliphatic carbocycles. The van der Waals surface area contributed by atoms with E-state index in [-0.39, 0.29) is 17.4 Å². The Kier molecular flexibility index (Phi) is 3.49. The van der Waals surface area contributed by atoms with E-state index in [9.17, 15) is 14.7 Å². The van der Waals surface area contributed by atoms with Crippen LogP contribution in [0.2, 0.25) is 0 Å². The molecule has 19 heavy (non-hydrogen) atoms. The number of carbonyl (C=O) groups is 2. The zero-order chi connectivity index (χ0) is 14.3. The molecule has 0 aromatic carbocycles. The van der Waals surface area contributed by atoms with Gasteiger partial charge in [-0.1, -0.05) is 0 Å². The number of likely N-dealkylation sites (tertiary alicyclic amines) is 1. The van der Waals surface area contributed by atoms with Gasteiger partial charge in [-0.15, -0.1) is 0 Å². The monoisotopic (exact) mass is 269 g/mol. The summed E-state index contributed by atoms with van der Waals surface area (Å²) >= 11 is 0. The molecule has 0 aromatic rings. The molecule has 1 spiro atoms. The number of carbonyl (C=O) groups excluding carboxylic acids is 1. The van der Waals surface area contributed by atoms with Crippen molar-refractivity contribution < 1.29 is 19.4 Å². The van der Waals surface area contributed by atoms with Crippen molar-refractivity contribution in [1.29, 1.82) is 0 Å². The SMILES string of the molecule is CC(C)(C)OC(=O)N1CCC2(CCC2C(=O)O)CC1. The minimum atomic E-state index is -0.683. The van der Waals surface area contributed by atoms with E-state index in [4.69, 9.17) is 4.74 Å². The molecule has 1 amide bonds. The topological polar surface area (TPSA) is 66.8 Å². The van der Waals surface area contributed by atoms with Crippen LogP contribution in [-0.2, 0) is 9.53 Å². The standard InChI is InChI=1S/C14H23NO4/c1-13(2,3)19-12(18)15-8-6-14(7-9-15)5-4-10(14)11(16)17/h10H,4-9H2,1-3H3,(H,16,17). The van der Waals surface area contributed by atoms with Gasteiger partial charge in [-0.25, -0.2) is 4.79 Å². The van der Waals surface area contributed by atoms with Crippen LogP contribution in [0.15, 0.2) is 0 Å². The molecular formula is C14H23NO4. The van der Waals surface area contributed by atoms with Gasteiger partial charge in [-0.05, 0) is 51.9 Å². The highest BCUT2D eigenvalue weighted by atomic mass is 16.6. The molecule has 1 unspecified atom stereocenters. The lowest BCUT2D eigenvalue weighted by Gasteiger charge is -2.51. The maximum atomic E-state index is 11.9. The lowest BCUT2D eigenvalue weighted by atomic mass is 9.55. The molecule has 0 bridgehead atoms. The highest BCUT2D eigenvalue weighted by Gasteiger charge is 2.52. The van der Waals surface area contributed by atoms with Gasteiger partial charge in [0, 0.05) is 13.1 Å². The number of hydrogen-bond donors (Lipinski definition) is 1. The summed E-state index contributed by atoms with van der Waals surface area (Å²) in [7, 11) is 0. The summed E-state index contributed by atoms with van der Waals surface area (Å²) in [4.78, 5) is 24.8. The molecule has 0 radical (unpaired) electrons. The van der Waals surface area contributed by atoms with Gasteiger partial charge in [0.2, 0.25) is 0 Å². The Hall–Kier alpha value is -1.26. The summed E-state index contributed by atoms with van der Waals surface area (Å²) in [6.07, 6.45) is 3.04. The Morgan fingerprint density at radius 1 is 1.21 bits per heavy atom. The van der Waals surface area contributed by atoms with E-state index < -0.39 is 11.6 Å². The third-order valence-electron chi connectivity index (χ3n) is 4.38. The Bertz CT molecular complexity index is 377. The smallest absolute Gasteiger partial charge is 0.410 e. The summed E-state index contributed by atoms with van der Waals surface area (Å²) in [5, 5.41) is 9.17. The fourth-order valence-electron chi connectivity index (χ4n) is 3.14. The summed E-state index contributed by atoms with van der Waals surface area (Å²) in [6, 6.07) is 0. The first kappa shape index (κ1) is 14.2. The zero-order valence-corrected chi connectivity index (χ0v) is 11.9. The minimum absolute atomic E-state index is 0.0651. The van der Waals surface area contributed by atoms with Gasteiger partial charge in [0.1, 0.15) is 5.60 Å². The average molecular weight is 269 g/mol. The summed E-state index contributed by atoms with van der Waals surface area (Å²) in [5.41, 5.74) is -0.545. The predicted octanol–water partition coefficient (Wildman–Crippen LogP) is 2.50. The van der Waals surface area contributed by atoms with Crippen molar-refractivity contribution in [2.24, 2.45) is 11.3 Å². The van der Waals surface area contributed by atoms with Crippen molar-refractivity contribution in [3.05, 3.63) is 0 Å². The molecule has 1 saturated carbocycles. The number of aliphatic carboxylic acids is 1. The van der Waals surface area contributed by atoms with Gasteiger partial charge in [0.05, 0.1) is 5.92 Å². The van der Waals surface area contributed by atoms with Crippen LogP contribution in [-0.4, -0.2) is 40.8 Å². The maximum Gasteiger partial charge on any atom is 0.410 e. The Morgan fingerprint density at radius 2 is 1.79 bits per heavy atom. The number of ether oxygens (including phenoxy) is 1. The Balaban J connectivity index is 1.89. The first-order valence-electron chi connectivity index (χ1n) is 6.94. The maximum absolute atomic E-state index is 11.9. The Morgan fingerprint density at radius 3 is 2.16 bits per heavy atom. The molecule has 1 aliphatic heterocycles. The van der Waals surface area contributed by atoms with Gasteiger partial charge >= 0.3 is 12.1 Å². The van der Waals surface area contributed by atoms with E-state index in [1.807, 2.05) is 20.8 Å². The third-order valence-corrected chi connectivity index (χ3v) is 4.38. The highest BCUT2D eigenvalue weighted by Crippen LogP contribution is 2.53. The lowest BCUT2D eigenvalue weighted by Crippen LogP contribution is -2.53. The van der Waals surface area contributed by atoms with E-state index in [2.05, 4.69) is 0 Å². The van der Waals surface area contributed by atoms with E-state index in [0.29, 0.717) is 13.1 Å². The Labute approximate surface area is 113 Å². The van der Waals surface area contributed by atoms with E-state index in [1.165, 1.54) is 0 Å². The molecule has 0 aromatic heterocycles. The van der Waals surface area contributed by atoms with Crippen molar-refractivity contribution >= 4 is 12.1 Å². The molecule has 5 heteroatoms. The second kappa shape index (κ2) is 4.69. The molecule has 108 valence electrons. The van der Waals surface area contributed by atoms with Crippen LogP contribution in [0.4, 0.5) is 4.79 Å². The van der Waals surface area contributed by atoms with Crippen LogP contribution in [0.25, 0.3) is 0 Å². The normalized spacial score (nSPS) is 25.8. The zero-order valence-electron chi connectivity index (χ0n) is 11.9. The molecule has 2 fully saturated rings. The van der Waals surface area contributed by atoms with Crippen molar-refractivity contribution in [3.8, 4) is 0 Å². The highest BCUT2D eigenvalue weighted by molar-refractivity contribution is 5.73. The lowest BCUT2D eigenvalue weighted by molar-refractivity contribution is -0.157. The van der Waals surface area contributed by atoms with Crippen LogP contribution >= 0.6 is 0 Å². The van der Waals surface area contributed by atoms with Gasteiger partial charge in [-0.3, -0.25) is 4.79 Å². The number of nitrogens with zero attached hydrogens (tertiary/aromatic N) is 1. The van der Waals surface area contributed by atoms with Gasteiger partial charge in [0.25, 0.3) is 0 Å². The van der Waals surface area contributed by atoms with Crippen LogP contribution in [0.3, 0.4) is 0 Å². The van der Waals surface area contributed by atoms with E-state index in [1.54, 1.807) is 4.90 Å². The number of piperidine rings is 1. The van der Waals surface area contributed by atoms with Crippen LogP contribution in [0, 0.1) is 11.3 Å². The molecular weight excluding hydrogens is 246 g/mol. The van der Waals surface area contributed by atoms with Gasteiger partial charge < -0.3 is 14.7 Å². The van der Waals surface area contributed by atoms with Crippen molar-refractivity contribution in [2.75, 3.05) is 13.1 Å². The summed E-state index contributed by atoms with van der Waals surface area (Å²) in [5.74, 6) is -0.898. The second-order valence-electron chi connectivity index (χ2n) is 6.76. The van der Waals surface area contributed by atoms with Gasteiger partial charge in [-0.2, -0.15) is 0 Å². The second-order valence-corrected chi connectivity index (χ2v) is 6.76. The number of hydrogen-bond acceptors (Lipinski definition) is 3. The average Bonchev–Trinajstić information content (AvgIpc) is 2.24. The van der Waals surface area contributed by atoms with Gasteiger partial charge in [0.15, 0.2) is 0 Å². The van der Waals surface area contributed by atoms with Crippen LogP contribution in [0.5, 0.6) is 0 Å². The van der Waals surface area contributed by atoms with Crippen molar-refractivity contribution in [2.45, 2.75) is 52.1 Å². The molecule has 1 saturated heterocycles. The fraction of sp³-hybridized carbons (Fsp3) is 0.857. The molecule has 1 atom stereocenters. The van der Waals surface area contributed by atoms with Crippen molar-refractivity contribution in [3.63, 3.8) is 0 Å². The quantitative estimate of drug-likeness (QED) is 0.794. The van der Waals surface area contributed by atoms with E-state index in [0.717, 1.165) is 25.7 Å². The number of rotatable bonds is 1. The number of amides is 1. The van der Waals surface area contributed by atoms with Crippen molar-refractivity contribution in [1.82, 2.24) is 4.90 Å². The molecule has 1 N–H and O–H groups in total. The molecule has 5 nitrogen and oxygen atoms in total. The van der Waals surface area contributed by atoms with Crippen LogP contribution in [0.1, 0.15) is 46.5 Å². The van der Waals surface area contributed by atoms with Crippen LogP contribution < -0.4 is 0 Å². The minimum Gasteiger partial charge on any atom is -0.481 e. The molecule has 1 heterocycles. The summed E-state index contributed by atoms with van der Waals surface area (Å²) in [6.45, 7) is 6.77. The number of carboxylic acids is 1. The predicted molar refractivity (Wildman–Crippen MR) is 69.8 cm³/mol. The third kappa shape index (κ3) is 2.85. The molecule has 2 aliphatic rings. The largest absolute Gasteiger partial charge is 0.481 e. The number of carboxylic acid groups (broad SMARTS) is 1.